The fourth-order valence-electron chi connectivity index (χ4n) is 2.92. The second-order valence-electron chi connectivity index (χ2n) is 6.05. The predicted octanol–water partition coefficient (Wildman–Crippen LogP) is 1.73. The molecule has 0 atom stereocenters. The van der Waals surface area contributed by atoms with Crippen LogP contribution in [-0.4, -0.2) is 34.0 Å². The van der Waals surface area contributed by atoms with Crippen LogP contribution in [0.15, 0.2) is 30.3 Å². The van der Waals surface area contributed by atoms with Crippen molar-refractivity contribution in [3.8, 4) is 0 Å². The van der Waals surface area contributed by atoms with Gasteiger partial charge in [-0.1, -0.05) is 18.2 Å². The third kappa shape index (κ3) is 3.47. The smallest absolute Gasteiger partial charge is 0.312 e. The number of aryl methyl sites for hydroxylation is 1. The van der Waals surface area contributed by atoms with Crippen LogP contribution in [0, 0.1) is 0 Å². The fraction of sp³-hybridized carbons (Fsp3) is 0.412. The van der Waals surface area contributed by atoms with Gasteiger partial charge in [-0.25, -0.2) is 4.79 Å². The van der Waals surface area contributed by atoms with E-state index in [0.29, 0.717) is 12.6 Å². The highest BCUT2D eigenvalue weighted by atomic mass is 16.2. The van der Waals surface area contributed by atoms with E-state index in [9.17, 15) is 9.59 Å². The summed E-state index contributed by atoms with van der Waals surface area (Å²) in [5.41, 5.74) is 7.32. The Bertz CT molecular complexity index is 733. The highest BCUT2D eigenvalue weighted by Gasteiger charge is 2.32. The van der Waals surface area contributed by atoms with E-state index in [1.807, 2.05) is 24.1 Å². The molecule has 0 unspecified atom stereocenters. The number of fused-ring (bicyclic) bond motifs is 1. The summed E-state index contributed by atoms with van der Waals surface area (Å²) in [5.74, 6) is 0.0616. The molecule has 1 aromatic heterocycles. The van der Waals surface area contributed by atoms with Crippen LogP contribution in [0.2, 0.25) is 0 Å². The molecule has 1 aliphatic rings. The number of nitrogens with two attached hydrogens (primary N) is 1. The van der Waals surface area contributed by atoms with Crippen LogP contribution >= 0.6 is 0 Å². The van der Waals surface area contributed by atoms with Gasteiger partial charge in [0.1, 0.15) is 0 Å². The van der Waals surface area contributed by atoms with Crippen LogP contribution in [0.1, 0.15) is 25.0 Å². The van der Waals surface area contributed by atoms with Crippen LogP contribution < -0.4 is 11.1 Å². The van der Waals surface area contributed by atoms with Gasteiger partial charge in [-0.05, 0) is 30.4 Å². The topological polar surface area (TPSA) is 80.4 Å². The number of para-hydroxylation sites is 1. The van der Waals surface area contributed by atoms with Crippen LogP contribution in [0.4, 0.5) is 4.79 Å². The van der Waals surface area contributed by atoms with Gasteiger partial charge in [-0.2, -0.15) is 0 Å². The zero-order valence-corrected chi connectivity index (χ0v) is 13.3. The third-order valence-corrected chi connectivity index (χ3v) is 4.33. The largest absolute Gasteiger partial charge is 0.352 e. The zero-order chi connectivity index (χ0) is 16.4. The summed E-state index contributed by atoms with van der Waals surface area (Å²) in [6.07, 6.45) is 2.39. The van der Waals surface area contributed by atoms with Gasteiger partial charge in [0.2, 0.25) is 5.91 Å². The van der Waals surface area contributed by atoms with Crippen molar-refractivity contribution in [3.63, 3.8) is 0 Å². The minimum atomic E-state index is -0.593. The lowest BCUT2D eigenvalue weighted by atomic mass is 10.2. The van der Waals surface area contributed by atoms with Crippen molar-refractivity contribution in [1.82, 2.24) is 14.8 Å². The molecule has 6 heteroatoms. The van der Waals surface area contributed by atoms with Crippen molar-refractivity contribution < 1.29 is 9.59 Å². The summed E-state index contributed by atoms with van der Waals surface area (Å²) >= 11 is 0. The van der Waals surface area contributed by atoms with E-state index in [4.69, 9.17) is 5.73 Å². The number of benzene rings is 1. The minimum Gasteiger partial charge on any atom is -0.352 e. The number of primary amides is 1. The van der Waals surface area contributed by atoms with Gasteiger partial charge in [0.15, 0.2) is 0 Å². The van der Waals surface area contributed by atoms with Crippen molar-refractivity contribution >= 4 is 22.8 Å². The molecule has 23 heavy (non-hydrogen) atoms. The Morgan fingerprint density at radius 3 is 2.74 bits per heavy atom. The quantitative estimate of drug-likeness (QED) is 0.851. The molecule has 0 bridgehead atoms. The van der Waals surface area contributed by atoms with E-state index in [-0.39, 0.29) is 18.9 Å². The number of aromatic nitrogens is 1. The summed E-state index contributed by atoms with van der Waals surface area (Å²) < 4.78 is 2.14. The third-order valence-electron chi connectivity index (χ3n) is 4.33. The van der Waals surface area contributed by atoms with E-state index in [1.165, 1.54) is 10.9 Å². The standard InChI is InChI=1S/C17H22N4O2/c1-20-14(10-12-4-2-3-5-15(12)20)11-21(13-6-7-13)16(22)8-9-19-17(18)23/h2-5,10,13H,6-9,11H2,1H3,(H3,18,19,23). The van der Waals surface area contributed by atoms with E-state index in [0.717, 1.165) is 18.5 Å². The average molecular weight is 314 g/mol. The van der Waals surface area contributed by atoms with Crippen molar-refractivity contribution in [2.45, 2.75) is 31.8 Å². The number of carbonyl (C=O) groups excluding carboxylic acids is 2. The molecule has 3 amide bonds. The zero-order valence-electron chi connectivity index (χ0n) is 13.3. The molecule has 3 N–H and O–H groups in total. The van der Waals surface area contributed by atoms with Crippen molar-refractivity contribution in [2.24, 2.45) is 12.8 Å². The highest BCUT2D eigenvalue weighted by Crippen LogP contribution is 2.30. The number of hydrogen-bond acceptors (Lipinski definition) is 2. The molecule has 1 fully saturated rings. The lowest BCUT2D eigenvalue weighted by Crippen LogP contribution is -2.37. The lowest BCUT2D eigenvalue weighted by molar-refractivity contribution is -0.132. The SMILES string of the molecule is Cn1c(CN(C(=O)CCNC(N)=O)C2CC2)cc2ccccc21. The molecule has 6 nitrogen and oxygen atoms in total. The molecular formula is C17H22N4O2. The number of rotatable bonds is 6. The van der Waals surface area contributed by atoms with Gasteiger partial charge in [-0.15, -0.1) is 0 Å². The average Bonchev–Trinajstić information content (AvgIpc) is 3.30. The van der Waals surface area contributed by atoms with Crippen molar-refractivity contribution in [2.75, 3.05) is 6.54 Å². The van der Waals surface area contributed by atoms with Gasteiger partial charge in [0, 0.05) is 37.3 Å². The Hall–Kier alpha value is -2.50. The number of urea groups is 1. The Balaban J connectivity index is 1.72. The van der Waals surface area contributed by atoms with Crippen LogP contribution in [0.5, 0.6) is 0 Å². The molecule has 1 saturated carbocycles. The van der Waals surface area contributed by atoms with Gasteiger partial charge in [-0.3, -0.25) is 4.79 Å². The molecule has 1 aliphatic carbocycles. The van der Waals surface area contributed by atoms with Gasteiger partial charge >= 0.3 is 6.03 Å². The molecule has 1 aromatic carbocycles. The van der Waals surface area contributed by atoms with E-state index in [2.05, 4.69) is 28.1 Å². The van der Waals surface area contributed by atoms with Crippen LogP contribution in [0.25, 0.3) is 10.9 Å². The monoisotopic (exact) mass is 314 g/mol. The van der Waals surface area contributed by atoms with Crippen molar-refractivity contribution in [1.29, 1.82) is 0 Å². The summed E-state index contributed by atoms with van der Waals surface area (Å²) in [7, 11) is 2.03. The summed E-state index contributed by atoms with van der Waals surface area (Å²) in [5, 5.41) is 3.66. The first-order chi connectivity index (χ1) is 11.1. The van der Waals surface area contributed by atoms with E-state index < -0.39 is 6.03 Å². The van der Waals surface area contributed by atoms with Gasteiger partial charge < -0.3 is 20.5 Å². The second-order valence-corrected chi connectivity index (χ2v) is 6.05. The number of amides is 3. The summed E-state index contributed by atoms with van der Waals surface area (Å²) in [6, 6.07) is 10.1. The van der Waals surface area contributed by atoms with Crippen LogP contribution in [-0.2, 0) is 18.4 Å². The maximum absolute atomic E-state index is 12.5. The normalized spacial score (nSPS) is 14.0. The molecule has 2 aromatic rings. The van der Waals surface area contributed by atoms with Crippen molar-refractivity contribution in [3.05, 3.63) is 36.0 Å². The first-order valence-electron chi connectivity index (χ1n) is 7.92. The minimum absolute atomic E-state index is 0.0616. The molecule has 122 valence electrons. The molecule has 0 saturated heterocycles. The Morgan fingerprint density at radius 1 is 1.35 bits per heavy atom. The molecule has 0 spiro atoms. The lowest BCUT2D eigenvalue weighted by Gasteiger charge is -2.23. The fourth-order valence-corrected chi connectivity index (χ4v) is 2.92. The number of nitrogens with zero attached hydrogens (tertiary/aromatic N) is 2. The van der Waals surface area contributed by atoms with E-state index in [1.54, 1.807) is 0 Å². The number of hydrogen-bond donors (Lipinski definition) is 2. The molecular weight excluding hydrogens is 292 g/mol. The maximum Gasteiger partial charge on any atom is 0.312 e. The molecule has 1 heterocycles. The molecule has 0 radical (unpaired) electrons. The van der Waals surface area contributed by atoms with Gasteiger partial charge in [0.25, 0.3) is 0 Å². The number of carbonyl (C=O) groups is 2. The van der Waals surface area contributed by atoms with Gasteiger partial charge in [0.05, 0.1) is 6.54 Å². The van der Waals surface area contributed by atoms with E-state index >= 15 is 0 Å². The Labute approximate surface area is 135 Å². The number of nitrogens with one attached hydrogen (secondary N) is 1. The summed E-state index contributed by atoms with van der Waals surface area (Å²) in [6.45, 7) is 0.887. The second kappa shape index (κ2) is 6.32. The first kappa shape index (κ1) is 15.4. The highest BCUT2D eigenvalue weighted by molar-refractivity contribution is 5.82. The summed E-state index contributed by atoms with van der Waals surface area (Å²) in [4.78, 5) is 25.1. The molecule has 0 aliphatic heterocycles. The van der Waals surface area contributed by atoms with Crippen LogP contribution in [0.3, 0.4) is 0 Å². The predicted molar refractivity (Wildman–Crippen MR) is 88.7 cm³/mol. The maximum atomic E-state index is 12.5. The molecule has 3 rings (SSSR count). The Morgan fingerprint density at radius 2 is 2.09 bits per heavy atom. The Kier molecular flexibility index (Phi) is 4.23. The first-order valence-corrected chi connectivity index (χ1v) is 7.92.